The first-order chi connectivity index (χ1) is 17.0. The molecule has 1 unspecified atom stereocenters. The summed E-state index contributed by atoms with van der Waals surface area (Å²) in [6.45, 7) is 9.41. The average molecular weight is 477 g/mol. The van der Waals surface area contributed by atoms with Crippen LogP contribution in [-0.2, 0) is 11.3 Å². The molecule has 0 spiro atoms. The van der Waals surface area contributed by atoms with Crippen molar-refractivity contribution in [2.24, 2.45) is 0 Å². The van der Waals surface area contributed by atoms with Crippen LogP contribution in [0.2, 0.25) is 0 Å². The van der Waals surface area contributed by atoms with Crippen molar-refractivity contribution < 1.29 is 14.6 Å². The lowest BCUT2D eigenvalue weighted by Crippen LogP contribution is -2.43. The van der Waals surface area contributed by atoms with Gasteiger partial charge in [0.15, 0.2) is 6.61 Å². The van der Waals surface area contributed by atoms with Gasteiger partial charge in [-0.2, -0.15) is 0 Å². The largest absolute Gasteiger partial charge is 0.482 e. The van der Waals surface area contributed by atoms with E-state index >= 15 is 0 Å². The number of aryl methyl sites for hydroxylation is 1. The van der Waals surface area contributed by atoms with Crippen LogP contribution in [0.15, 0.2) is 48.7 Å². The van der Waals surface area contributed by atoms with Gasteiger partial charge in [0, 0.05) is 30.7 Å². The lowest BCUT2D eigenvalue weighted by Gasteiger charge is -2.34. The summed E-state index contributed by atoms with van der Waals surface area (Å²) in [6, 6.07) is 14.4. The highest BCUT2D eigenvalue weighted by Crippen LogP contribution is 2.29. The van der Waals surface area contributed by atoms with E-state index in [9.17, 15) is 9.90 Å². The number of fused-ring (bicyclic) bond motifs is 2. The topological polar surface area (TPSA) is 86.7 Å². The fraction of sp³-hybridized carbons (Fsp3) is 0.429. The molecule has 0 saturated carbocycles. The molecule has 3 heterocycles. The number of β-amino-alcohol motifs (C(OH)–C–C–N with tert-alkyl or cyclic N) is 1. The van der Waals surface area contributed by atoms with E-state index in [4.69, 9.17) is 4.74 Å². The number of aromatic nitrogens is 1. The second-order valence-corrected chi connectivity index (χ2v) is 9.07. The lowest BCUT2D eigenvalue weighted by atomic mass is 10.00. The molecule has 7 nitrogen and oxygen atoms in total. The number of aliphatic hydroxyl groups is 1. The molecule has 186 valence electrons. The van der Waals surface area contributed by atoms with E-state index < -0.39 is 6.10 Å². The Morgan fingerprint density at radius 1 is 1.20 bits per heavy atom. The number of benzene rings is 2. The normalized spacial score (nSPS) is 17.1. The van der Waals surface area contributed by atoms with Gasteiger partial charge in [-0.15, -0.1) is 0 Å². The lowest BCUT2D eigenvalue weighted by molar-refractivity contribution is -0.118. The van der Waals surface area contributed by atoms with Gasteiger partial charge in [-0.1, -0.05) is 32.0 Å². The van der Waals surface area contributed by atoms with Crippen molar-refractivity contribution in [3.63, 3.8) is 0 Å². The van der Waals surface area contributed by atoms with Crippen molar-refractivity contribution >= 4 is 22.5 Å². The number of hydrogen-bond acceptors (Lipinski definition) is 6. The van der Waals surface area contributed by atoms with Gasteiger partial charge in [0.2, 0.25) is 0 Å². The maximum Gasteiger partial charge on any atom is 0.262 e. The second-order valence-electron chi connectivity index (χ2n) is 9.07. The van der Waals surface area contributed by atoms with Crippen molar-refractivity contribution in [2.75, 3.05) is 31.6 Å². The number of piperidine rings is 1. The fourth-order valence-electron chi connectivity index (χ4n) is 4.72. The Labute approximate surface area is 207 Å². The highest BCUT2D eigenvalue weighted by atomic mass is 16.5. The van der Waals surface area contributed by atoms with Gasteiger partial charge in [0.1, 0.15) is 5.75 Å². The maximum atomic E-state index is 11.4. The zero-order chi connectivity index (χ0) is 24.8. The molecule has 2 aromatic carbocycles. The molecule has 2 aliphatic heterocycles. The van der Waals surface area contributed by atoms with Crippen LogP contribution in [-0.4, -0.2) is 53.2 Å². The number of amides is 1. The van der Waals surface area contributed by atoms with Crippen molar-refractivity contribution in [1.82, 2.24) is 15.2 Å². The summed E-state index contributed by atoms with van der Waals surface area (Å²) >= 11 is 0. The number of ether oxygens (including phenoxy) is 1. The minimum absolute atomic E-state index is 0.0725. The summed E-state index contributed by atoms with van der Waals surface area (Å²) in [7, 11) is 0. The minimum Gasteiger partial charge on any atom is -0.482 e. The number of likely N-dealkylation sites (tertiary alicyclic amines) is 1. The number of carbonyl (C=O) groups is 1. The smallest absolute Gasteiger partial charge is 0.262 e. The molecule has 0 aliphatic carbocycles. The molecule has 1 atom stereocenters. The van der Waals surface area contributed by atoms with Gasteiger partial charge in [0.25, 0.3) is 5.91 Å². The fourth-order valence-corrected chi connectivity index (χ4v) is 4.72. The van der Waals surface area contributed by atoms with E-state index in [-0.39, 0.29) is 12.5 Å². The van der Waals surface area contributed by atoms with Crippen LogP contribution < -0.4 is 15.4 Å². The highest BCUT2D eigenvalue weighted by molar-refractivity contribution is 5.95. The summed E-state index contributed by atoms with van der Waals surface area (Å²) in [4.78, 5) is 18.3. The molecule has 1 amide bonds. The Hall–Kier alpha value is -3.00. The Morgan fingerprint density at radius 2 is 2.00 bits per heavy atom. The van der Waals surface area contributed by atoms with E-state index in [2.05, 4.69) is 26.6 Å². The third-order valence-corrected chi connectivity index (χ3v) is 6.55. The van der Waals surface area contributed by atoms with Gasteiger partial charge >= 0.3 is 0 Å². The maximum absolute atomic E-state index is 11.4. The molecule has 7 heteroatoms. The average Bonchev–Trinajstić information content (AvgIpc) is 2.89. The third kappa shape index (κ3) is 6.17. The molecular weight excluding hydrogens is 440 g/mol. The van der Waals surface area contributed by atoms with Gasteiger partial charge in [-0.3, -0.25) is 9.78 Å². The standard InChI is InChI=1S/C26H30N4O3.C2H6/c1-17-11-21-20(3-2-4-22(21)28-13-17)24(31)15-30-9-7-19(8-10-30)27-14-18-5-6-23-25(12-18)33-16-26(32)29-23;1-2/h2-6,11-13,19,24,27,31H,7-10,14-16H2,1H3,(H,29,32);1-2H3. The summed E-state index contributed by atoms with van der Waals surface area (Å²) in [5, 5.41) is 18.5. The number of pyridine rings is 1. The monoisotopic (exact) mass is 476 g/mol. The zero-order valence-electron chi connectivity index (χ0n) is 20.9. The SMILES string of the molecule is CC.Cc1cnc2cccc(C(O)CN3CCC(NCc4ccc5c(c4)OCC(=O)N5)CC3)c2c1. The highest BCUT2D eigenvalue weighted by Gasteiger charge is 2.23. The molecule has 0 bridgehead atoms. The Balaban J connectivity index is 0.00000141. The number of nitrogens with zero attached hydrogens (tertiary/aromatic N) is 2. The molecular formula is C28H36N4O3. The van der Waals surface area contributed by atoms with Gasteiger partial charge in [0.05, 0.1) is 17.3 Å². The number of rotatable bonds is 6. The molecule has 1 fully saturated rings. The van der Waals surface area contributed by atoms with E-state index in [1.165, 1.54) is 0 Å². The van der Waals surface area contributed by atoms with Crippen LogP contribution in [0.1, 0.15) is 49.5 Å². The Kier molecular flexibility index (Phi) is 8.33. The van der Waals surface area contributed by atoms with E-state index in [0.29, 0.717) is 12.6 Å². The van der Waals surface area contributed by atoms with Crippen molar-refractivity contribution in [2.45, 2.75) is 52.3 Å². The number of nitrogens with one attached hydrogen (secondary N) is 2. The summed E-state index contributed by atoms with van der Waals surface area (Å²) in [5.74, 6) is 0.619. The summed E-state index contributed by atoms with van der Waals surface area (Å²) < 4.78 is 5.51. The van der Waals surface area contributed by atoms with Gasteiger partial charge in [-0.25, -0.2) is 0 Å². The van der Waals surface area contributed by atoms with Crippen molar-refractivity contribution in [1.29, 1.82) is 0 Å². The first-order valence-electron chi connectivity index (χ1n) is 12.6. The van der Waals surface area contributed by atoms with Crippen LogP contribution >= 0.6 is 0 Å². The predicted molar refractivity (Wildman–Crippen MR) is 140 cm³/mol. The molecule has 35 heavy (non-hydrogen) atoms. The summed E-state index contributed by atoms with van der Waals surface area (Å²) in [5.41, 5.74) is 4.86. The summed E-state index contributed by atoms with van der Waals surface area (Å²) in [6.07, 6.45) is 3.42. The van der Waals surface area contributed by atoms with E-state index in [1.807, 2.05) is 63.4 Å². The van der Waals surface area contributed by atoms with Crippen molar-refractivity contribution in [3.8, 4) is 5.75 Å². The van der Waals surface area contributed by atoms with Gasteiger partial charge < -0.3 is 25.4 Å². The van der Waals surface area contributed by atoms with Crippen LogP contribution in [0.3, 0.4) is 0 Å². The van der Waals surface area contributed by atoms with Crippen LogP contribution in [0.25, 0.3) is 10.9 Å². The van der Waals surface area contributed by atoms with Gasteiger partial charge in [-0.05, 0) is 73.8 Å². The molecule has 2 aliphatic rings. The first-order valence-corrected chi connectivity index (χ1v) is 12.6. The Morgan fingerprint density at radius 3 is 2.80 bits per heavy atom. The quantitative estimate of drug-likeness (QED) is 0.495. The van der Waals surface area contributed by atoms with Crippen LogP contribution in [0.5, 0.6) is 5.75 Å². The number of carbonyl (C=O) groups excluding carboxylic acids is 1. The Bertz CT molecular complexity index is 1160. The van der Waals surface area contributed by atoms with E-state index in [0.717, 1.165) is 71.5 Å². The first kappa shape index (κ1) is 25.1. The second kappa shape index (κ2) is 11.6. The number of aliphatic hydroxyl groups excluding tert-OH is 1. The zero-order valence-corrected chi connectivity index (χ0v) is 20.9. The molecule has 3 aromatic rings. The predicted octanol–water partition coefficient (Wildman–Crippen LogP) is 4.19. The van der Waals surface area contributed by atoms with Crippen LogP contribution in [0.4, 0.5) is 5.69 Å². The van der Waals surface area contributed by atoms with Crippen molar-refractivity contribution in [3.05, 3.63) is 65.4 Å². The molecule has 0 radical (unpaired) electrons. The molecule has 3 N–H and O–H groups in total. The minimum atomic E-state index is -0.530. The van der Waals surface area contributed by atoms with E-state index in [1.54, 1.807) is 0 Å². The number of hydrogen-bond donors (Lipinski definition) is 3. The molecule has 5 rings (SSSR count). The number of anilines is 1. The third-order valence-electron chi connectivity index (χ3n) is 6.55. The van der Waals surface area contributed by atoms with Crippen LogP contribution in [0, 0.1) is 6.92 Å². The molecule has 1 aromatic heterocycles. The molecule has 1 saturated heterocycles.